The fourth-order valence-electron chi connectivity index (χ4n) is 1.70. The Hall–Kier alpha value is -1.18. The lowest BCUT2D eigenvalue weighted by atomic mass is 10.0. The maximum atomic E-state index is 11.2. The first-order valence-corrected chi connectivity index (χ1v) is 6.34. The van der Waals surface area contributed by atoms with Crippen LogP contribution in [-0.4, -0.2) is 53.4 Å². The molecular weight excluding hydrogens is 256 g/mol. The van der Waals surface area contributed by atoms with Crippen molar-refractivity contribution in [2.24, 2.45) is 0 Å². The summed E-state index contributed by atoms with van der Waals surface area (Å²) in [6.07, 6.45) is -3.69. The number of hydrogen-bond donors (Lipinski definition) is 2. The van der Waals surface area contributed by atoms with Gasteiger partial charge in [-0.05, 0) is 0 Å². The highest BCUT2D eigenvalue weighted by molar-refractivity contribution is 5.69. The van der Waals surface area contributed by atoms with Crippen LogP contribution in [0.4, 0.5) is 0 Å². The molecular formula is C12H20O7. The Morgan fingerprint density at radius 1 is 1.21 bits per heavy atom. The van der Waals surface area contributed by atoms with Gasteiger partial charge in [0, 0.05) is 19.3 Å². The van der Waals surface area contributed by atoms with Gasteiger partial charge in [-0.2, -0.15) is 0 Å². The molecule has 0 radical (unpaired) electrons. The molecule has 0 saturated carbocycles. The van der Waals surface area contributed by atoms with Crippen LogP contribution in [0.25, 0.3) is 0 Å². The Balaban J connectivity index is 2.56. The molecule has 1 heterocycles. The number of hydrogen-bond acceptors (Lipinski definition) is 7. The van der Waals surface area contributed by atoms with Crippen molar-refractivity contribution in [3.05, 3.63) is 0 Å². The molecule has 110 valence electrons. The maximum Gasteiger partial charge on any atom is 0.305 e. The van der Waals surface area contributed by atoms with E-state index in [9.17, 15) is 19.8 Å². The highest BCUT2D eigenvalue weighted by Gasteiger charge is 2.39. The molecule has 1 fully saturated rings. The van der Waals surface area contributed by atoms with Crippen LogP contribution in [-0.2, 0) is 23.8 Å². The Kier molecular flexibility index (Phi) is 6.20. The number of rotatable bonds is 5. The maximum absolute atomic E-state index is 11.2. The van der Waals surface area contributed by atoms with Gasteiger partial charge < -0.3 is 24.4 Å². The van der Waals surface area contributed by atoms with E-state index in [2.05, 4.69) is 0 Å². The standard InChI is InChI=1S/C12H20O7/c1-3-9(13)17-6-8-12(16)7(5-11(15)19-8)18-10(14)4-2/h7-8,11-12,15-16H,3-6H2,1-2H3. The zero-order valence-corrected chi connectivity index (χ0v) is 11.1. The van der Waals surface area contributed by atoms with Crippen LogP contribution >= 0.6 is 0 Å². The zero-order valence-electron chi connectivity index (χ0n) is 11.1. The lowest BCUT2D eigenvalue weighted by Gasteiger charge is -2.36. The molecule has 2 N–H and O–H groups in total. The van der Waals surface area contributed by atoms with E-state index in [1.54, 1.807) is 13.8 Å². The third-order valence-electron chi connectivity index (χ3n) is 2.80. The van der Waals surface area contributed by atoms with E-state index in [0.717, 1.165) is 0 Å². The summed E-state index contributed by atoms with van der Waals surface area (Å²) < 4.78 is 14.9. The van der Waals surface area contributed by atoms with Crippen LogP contribution in [0.1, 0.15) is 33.1 Å². The average Bonchev–Trinajstić information content (AvgIpc) is 2.40. The summed E-state index contributed by atoms with van der Waals surface area (Å²) in [5, 5.41) is 19.5. The summed E-state index contributed by atoms with van der Waals surface area (Å²) in [5.74, 6) is -0.902. The van der Waals surface area contributed by atoms with Crippen LogP contribution in [0, 0.1) is 0 Å². The number of aliphatic hydroxyl groups excluding tert-OH is 2. The average molecular weight is 276 g/mol. The van der Waals surface area contributed by atoms with Gasteiger partial charge in [-0.3, -0.25) is 9.59 Å². The van der Waals surface area contributed by atoms with Gasteiger partial charge in [0.15, 0.2) is 6.29 Å². The van der Waals surface area contributed by atoms with Crippen molar-refractivity contribution in [2.45, 2.75) is 57.7 Å². The third-order valence-corrected chi connectivity index (χ3v) is 2.80. The van der Waals surface area contributed by atoms with Crippen molar-refractivity contribution < 1.29 is 34.0 Å². The minimum absolute atomic E-state index is 0.00880. The van der Waals surface area contributed by atoms with Gasteiger partial charge in [-0.15, -0.1) is 0 Å². The molecule has 7 heteroatoms. The van der Waals surface area contributed by atoms with E-state index in [-0.39, 0.29) is 25.9 Å². The van der Waals surface area contributed by atoms with Gasteiger partial charge in [-0.25, -0.2) is 0 Å². The molecule has 0 aromatic rings. The summed E-state index contributed by atoms with van der Waals surface area (Å²) in [4.78, 5) is 22.3. The van der Waals surface area contributed by atoms with Crippen LogP contribution in [0.3, 0.4) is 0 Å². The zero-order chi connectivity index (χ0) is 14.4. The summed E-state index contributed by atoms with van der Waals surface area (Å²) in [7, 11) is 0. The van der Waals surface area contributed by atoms with Crippen LogP contribution in [0.5, 0.6) is 0 Å². The first-order valence-electron chi connectivity index (χ1n) is 6.34. The highest BCUT2D eigenvalue weighted by Crippen LogP contribution is 2.22. The molecule has 1 aliphatic heterocycles. The van der Waals surface area contributed by atoms with E-state index in [0.29, 0.717) is 0 Å². The molecule has 7 nitrogen and oxygen atoms in total. The number of aliphatic hydroxyl groups is 2. The topological polar surface area (TPSA) is 102 Å². The molecule has 1 saturated heterocycles. The van der Waals surface area contributed by atoms with Gasteiger partial charge in [0.05, 0.1) is 0 Å². The molecule has 4 atom stereocenters. The fourth-order valence-corrected chi connectivity index (χ4v) is 1.70. The van der Waals surface area contributed by atoms with Gasteiger partial charge in [0.2, 0.25) is 0 Å². The second-order valence-corrected chi connectivity index (χ2v) is 4.27. The van der Waals surface area contributed by atoms with Crippen molar-refractivity contribution in [1.82, 2.24) is 0 Å². The fraction of sp³-hybridized carbons (Fsp3) is 0.833. The number of carbonyl (C=O) groups is 2. The molecule has 19 heavy (non-hydrogen) atoms. The summed E-state index contributed by atoms with van der Waals surface area (Å²) in [6.45, 7) is 3.08. The smallest absolute Gasteiger partial charge is 0.305 e. The van der Waals surface area contributed by atoms with E-state index >= 15 is 0 Å². The van der Waals surface area contributed by atoms with Crippen molar-refractivity contribution in [1.29, 1.82) is 0 Å². The molecule has 0 amide bonds. The normalized spacial score (nSPS) is 30.7. The quantitative estimate of drug-likeness (QED) is 0.666. The highest BCUT2D eigenvalue weighted by atomic mass is 16.6. The summed E-state index contributed by atoms with van der Waals surface area (Å²) >= 11 is 0. The molecule has 1 rings (SSSR count). The number of carbonyl (C=O) groups excluding carboxylic acids is 2. The Labute approximate surface area is 111 Å². The van der Waals surface area contributed by atoms with Gasteiger partial charge in [0.1, 0.15) is 24.9 Å². The number of ether oxygens (including phenoxy) is 3. The minimum atomic E-state index is -1.16. The molecule has 0 spiro atoms. The lowest BCUT2D eigenvalue weighted by Crippen LogP contribution is -2.51. The molecule has 0 aromatic heterocycles. The minimum Gasteiger partial charge on any atom is -0.463 e. The van der Waals surface area contributed by atoms with E-state index in [1.807, 2.05) is 0 Å². The van der Waals surface area contributed by atoms with Crippen LogP contribution in [0.15, 0.2) is 0 Å². The Morgan fingerprint density at radius 2 is 1.84 bits per heavy atom. The first kappa shape index (κ1) is 15.9. The second kappa shape index (κ2) is 7.42. The molecule has 0 bridgehead atoms. The lowest BCUT2D eigenvalue weighted by molar-refractivity contribution is -0.247. The largest absolute Gasteiger partial charge is 0.463 e. The van der Waals surface area contributed by atoms with E-state index in [4.69, 9.17) is 14.2 Å². The van der Waals surface area contributed by atoms with Crippen molar-refractivity contribution in [2.75, 3.05) is 6.61 Å². The van der Waals surface area contributed by atoms with Crippen LogP contribution < -0.4 is 0 Å². The second-order valence-electron chi connectivity index (χ2n) is 4.27. The van der Waals surface area contributed by atoms with E-state index < -0.39 is 36.5 Å². The van der Waals surface area contributed by atoms with Crippen molar-refractivity contribution in [3.63, 3.8) is 0 Å². The Morgan fingerprint density at radius 3 is 2.42 bits per heavy atom. The van der Waals surface area contributed by atoms with Crippen molar-refractivity contribution >= 4 is 11.9 Å². The monoisotopic (exact) mass is 276 g/mol. The van der Waals surface area contributed by atoms with Gasteiger partial charge in [-0.1, -0.05) is 13.8 Å². The first-order chi connectivity index (χ1) is 8.97. The summed E-state index contributed by atoms with van der Waals surface area (Å²) in [5.41, 5.74) is 0. The Bertz CT molecular complexity index is 317. The third kappa shape index (κ3) is 4.77. The molecule has 1 aliphatic rings. The molecule has 0 aliphatic carbocycles. The number of esters is 2. The van der Waals surface area contributed by atoms with Gasteiger partial charge >= 0.3 is 11.9 Å². The van der Waals surface area contributed by atoms with Crippen LogP contribution in [0.2, 0.25) is 0 Å². The predicted molar refractivity (Wildman–Crippen MR) is 62.9 cm³/mol. The molecule has 4 unspecified atom stereocenters. The van der Waals surface area contributed by atoms with E-state index in [1.165, 1.54) is 0 Å². The molecule has 0 aromatic carbocycles. The van der Waals surface area contributed by atoms with Crippen molar-refractivity contribution in [3.8, 4) is 0 Å². The van der Waals surface area contributed by atoms with Gasteiger partial charge in [0.25, 0.3) is 0 Å². The predicted octanol–water partition coefficient (Wildman–Crippen LogP) is -0.270. The summed E-state index contributed by atoms with van der Waals surface area (Å²) in [6, 6.07) is 0. The SMILES string of the molecule is CCC(=O)OCC1OC(O)CC(OC(=O)CC)C1O.